The van der Waals surface area contributed by atoms with Gasteiger partial charge in [-0.2, -0.15) is 0 Å². The van der Waals surface area contributed by atoms with Crippen LogP contribution in [-0.4, -0.2) is 48.2 Å². The number of aryl methyl sites for hydroxylation is 1. The molecule has 2 aliphatic heterocycles. The van der Waals surface area contributed by atoms with E-state index < -0.39 is 0 Å². The SMILES string of the molecule is Cc1occc1C(=O)N1CC[C@@H]2OCCC[C@@]2(COc2ccccn2)C1. The highest BCUT2D eigenvalue weighted by molar-refractivity contribution is 5.95. The number of ether oxygens (including phenoxy) is 2. The van der Waals surface area contributed by atoms with Crippen LogP contribution in [0.2, 0.25) is 0 Å². The Hall–Kier alpha value is -2.34. The number of hydrogen-bond donors (Lipinski definition) is 0. The summed E-state index contributed by atoms with van der Waals surface area (Å²) in [6, 6.07) is 7.38. The van der Waals surface area contributed by atoms with Gasteiger partial charge in [-0.1, -0.05) is 6.07 Å². The fraction of sp³-hybridized carbons (Fsp3) is 0.500. The fourth-order valence-electron chi connectivity index (χ4n) is 4.10. The fourth-order valence-corrected chi connectivity index (χ4v) is 4.10. The molecule has 2 aromatic rings. The topological polar surface area (TPSA) is 64.8 Å². The molecule has 2 aromatic heterocycles. The molecule has 138 valence electrons. The normalized spacial score (nSPS) is 25.6. The van der Waals surface area contributed by atoms with E-state index in [0.717, 1.165) is 25.9 Å². The van der Waals surface area contributed by atoms with Crippen LogP contribution in [0.4, 0.5) is 0 Å². The Morgan fingerprint density at radius 2 is 2.35 bits per heavy atom. The smallest absolute Gasteiger partial charge is 0.257 e. The van der Waals surface area contributed by atoms with E-state index in [4.69, 9.17) is 13.9 Å². The molecular weight excluding hydrogens is 332 g/mol. The number of carbonyl (C=O) groups is 1. The van der Waals surface area contributed by atoms with Crippen molar-refractivity contribution in [2.24, 2.45) is 5.41 Å². The Bertz CT molecular complexity index is 760. The molecule has 6 nitrogen and oxygen atoms in total. The highest BCUT2D eigenvalue weighted by Crippen LogP contribution is 2.41. The Labute approximate surface area is 153 Å². The van der Waals surface area contributed by atoms with Gasteiger partial charge in [0.1, 0.15) is 5.76 Å². The number of piperidine rings is 1. The third-order valence-corrected chi connectivity index (χ3v) is 5.51. The number of rotatable bonds is 4. The third-order valence-electron chi connectivity index (χ3n) is 5.51. The number of fused-ring (bicyclic) bond motifs is 1. The Morgan fingerprint density at radius 1 is 1.42 bits per heavy atom. The third kappa shape index (κ3) is 3.21. The Morgan fingerprint density at radius 3 is 3.12 bits per heavy atom. The van der Waals surface area contributed by atoms with Gasteiger partial charge in [0.2, 0.25) is 5.88 Å². The largest absolute Gasteiger partial charge is 0.477 e. The van der Waals surface area contributed by atoms with Gasteiger partial charge < -0.3 is 18.8 Å². The van der Waals surface area contributed by atoms with Gasteiger partial charge in [0.25, 0.3) is 5.91 Å². The lowest BCUT2D eigenvalue weighted by Gasteiger charge is -2.50. The number of amides is 1. The molecule has 0 bridgehead atoms. The molecule has 2 saturated heterocycles. The number of hydrogen-bond acceptors (Lipinski definition) is 5. The Kier molecular flexibility index (Phi) is 4.68. The van der Waals surface area contributed by atoms with E-state index in [1.54, 1.807) is 18.5 Å². The minimum absolute atomic E-state index is 0.0254. The summed E-state index contributed by atoms with van der Waals surface area (Å²) in [5, 5.41) is 0. The number of furan rings is 1. The van der Waals surface area contributed by atoms with Crippen molar-refractivity contribution >= 4 is 5.91 Å². The van der Waals surface area contributed by atoms with Crippen LogP contribution in [0.25, 0.3) is 0 Å². The van der Waals surface area contributed by atoms with Gasteiger partial charge in [-0.3, -0.25) is 4.79 Å². The molecule has 26 heavy (non-hydrogen) atoms. The second kappa shape index (κ2) is 7.11. The minimum Gasteiger partial charge on any atom is -0.477 e. The first-order chi connectivity index (χ1) is 12.7. The van der Waals surface area contributed by atoms with Crippen molar-refractivity contribution in [1.82, 2.24) is 9.88 Å². The number of likely N-dealkylation sites (tertiary alicyclic amines) is 1. The van der Waals surface area contributed by atoms with E-state index in [1.165, 1.54) is 0 Å². The van der Waals surface area contributed by atoms with Gasteiger partial charge in [0.05, 0.1) is 24.5 Å². The first-order valence-corrected chi connectivity index (χ1v) is 9.17. The van der Waals surface area contributed by atoms with Crippen molar-refractivity contribution in [3.05, 3.63) is 48.0 Å². The molecule has 2 aliphatic rings. The molecule has 0 aromatic carbocycles. The van der Waals surface area contributed by atoms with Crippen LogP contribution < -0.4 is 4.74 Å². The first-order valence-electron chi connectivity index (χ1n) is 9.17. The zero-order chi connectivity index (χ0) is 18.0. The molecule has 0 N–H and O–H groups in total. The zero-order valence-electron chi connectivity index (χ0n) is 15.0. The molecule has 4 rings (SSSR count). The molecule has 2 atom stereocenters. The van der Waals surface area contributed by atoms with E-state index in [1.807, 2.05) is 30.0 Å². The van der Waals surface area contributed by atoms with E-state index in [-0.39, 0.29) is 17.4 Å². The lowest BCUT2D eigenvalue weighted by atomic mass is 9.73. The maximum Gasteiger partial charge on any atom is 0.257 e. The van der Waals surface area contributed by atoms with Gasteiger partial charge in [-0.15, -0.1) is 0 Å². The van der Waals surface area contributed by atoms with Crippen LogP contribution in [0.3, 0.4) is 0 Å². The highest BCUT2D eigenvalue weighted by atomic mass is 16.5. The zero-order valence-corrected chi connectivity index (χ0v) is 15.0. The number of aromatic nitrogens is 1. The number of carbonyl (C=O) groups excluding carboxylic acids is 1. The average molecular weight is 356 g/mol. The quantitative estimate of drug-likeness (QED) is 0.842. The summed E-state index contributed by atoms with van der Waals surface area (Å²) >= 11 is 0. The van der Waals surface area contributed by atoms with Gasteiger partial charge >= 0.3 is 0 Å². The van der Waals surface area contributed by atoms with Crippen molar-refractivity contribution in [1.29, 1.82) is 0 Å². The van der Waals surface area contributed by atoms with Gasteiger partial charge in [-0.05, 0) is 38.3 Å². The highest BCUT2D eigenvalue weighted by Gasteiger charge is 2.48. The molecule has 0 spiro atoms. The summed E-state index contributed by atoms with van der Waals surface area (Å²) in [5.74, 6) is 1.30. The molecule has 0 saturated carbocycles. The summed E-state index contributed by atoms with van der Waals surface area (Å²) < 4.78 is 17.4. The lowest BCUT2D eigenvalue weighted by molar-refractivity contribution is -0.133. The van der Waals surface area contributed by atoms with Crippen LogP contribution in [0.1, 0.15) is 35.4 Å². The summed E-state index contributed by atoms with van der Waals surface area (Å²) in [5.41, 5.74) is 0.447. The first kappa shape index (κ1) is 17.1. The summed E-state index contributed by atoms with van der Waals surface area (Å²) in [4.78, 5) is 19.1. The molecule has 2 fully saturated rings. The van der Waals surface area contributed by atoms with Crippen molar-refractivity contribution in [3.63, 3.8) is 0 Å². The van der Waals surface area contributed by atoms with Gasteiger partial charge in [0, 0.05) is 37.4 Å². The molecule has 6 heteroatoms. The lowest BCUT2D eigenvalue weighted by Crippen LogP contribution is -2.58. The van der Waals surface area contributed by atoms with Crippen LogP contribution in [-0.2, 0) is 4.74 Å². The minimum atomic E-state index is -0.193. The molecular formula is C20H24N2O4. The van der Waals surface area contributed by atoms with E-state index in [0.29, 0.717) is 36.9 Å². The maximum atomic E-state index is 12.9. The van der Waals surface area contributed by atoms with Crippen LogP contribution >= 0.6 is 0 Å². The molecule has 0 aliphatic carbocycles. The van der Waals surface area contributed by atoms with Crippen molar-refractivity contribution in [2.45, 2.75) is 32.3 Å². The predicted octanol–water partition coefficient (Wildman–Crippen LogP) is 3.07. The molecule has 4 heterocycles. The van der Waals surface area contributed by atoms with Gasteiger partial charge in [0.15, 0.2) is 0 Å². The average Bonchev–Trinajstić information content (AvgIpc) is 3.12. The van der Waals surface area contributed by atoms with E-state index in [2.05, 4.69) is 4.98 Å². The maximum absolute atomic E-state index is 12.9. The van der Waals surface area contributed by atoms with Crippen molar-refractivity contribution < 1.29 is 18.7 Å². The second-order valence-corrected chi connectivity index (χ2v) is 7.19. The molecule has 1 amide bonds. The van der Waals surface area contributed by atoms with E-state index in [9.17, 15) is 4.79 Å². The summed E-state index contributed by atoms with van der Waals surface area (Å²) in [6.07, 6.45) is 6.20. The monoisotopic (exact) mass is 356 g/mol. The molecule has 0 unspecified atom stereocenters. The van der Waals surface area contributed by atoms with Crippen molar-refractivity contribution in [2.75, 3.05) is 26.3 Å². The van der Waals surface area contributed by atoms with Gasteiger partial charge in [-0.25, -0.2) is 4.98 Å². The summed E-state index contributed by atoms with van der Waals surface area (Å²) in [7, 11) is 0. The van der Waals surface area contributed by atoms with E-state index >= 15 is 0 Å². The summed E-state index contributed by atoms with van der Waals surface area (Å²) in [6.45, 7) is 4.44. The van der Waals surface area contributed by atoms with Crippen LogP contribution in [0.15, 0.2) is 41.1 Å². The van der Waals surface area contributed by atoms with Crippen LogP contribution in [0, 0.1) is 12.3 Å². The molecule has 0 radical (unpaired) electrons. The number of nitrogens with zero attached hydrogens (tertiary/aromatic N) is 2. The standard InChI is InChI=1S/C20H24N2O4/c1-15-16(7-12-24-15)19(23)22-10-6-17-20(13-22,8-4-11-25-17)14-26-18-5-2-3-9-21-18/h2-3,5,7,9,12,17H,4,6,8,10-11,13-14H2,1H3/t17-,20-/m0/s1. The second-order valence-electron chi connectivity index (χ2n) is 7.19. The van der Waals surface area contributed by atoms with Crippen LogP contribution in [0.5, 0.6) is 5.88 Å². The Balaban J connectivity index is 1.53. The van der Waals surface area contributed by atoms with Crippen molar-refractivity contribution in [3.8, 4) is 5.88 Å². The predicted molar refractivity (Wildman–Crippen MR) is 95.1 cm³/mol. The number of pyridine rings is 1.